The van der Waals surface area contributed by atoms with Crippen LogP contribution in [0.15, 0.2) is 35.3 Å². The minimum absolute atomic E-state index is 0.0232. The van der Waals surface area contributed by atoms with E-state index in [1.165, 1.54) is 38.0 Å². The van der Waals surface area contributed by atoms with Crippen LogP contribution < -0.4 is 10.6 Å². The number of hydrogen-bond acceptors (Lipinski definition) is 3. The standard InChI is InChI=1S/C20H34N4O/c1-17-10-14-24(15-11-17)13-7-12-22-20(21-2)23-16-19(25-3)18-8-5-4-6-9-18/h4-6,8-9,17,19H,7,10-16H2,1-3H3,(H2,21,22,23). The first-order valence-electron chi connectivity index (χ1n) is 9.47. The smallest absolute Gasteiger partial charge is 0.191 e. The normalized spacial score (nSPS) is 18.1. The molecule has 5 heteroatoms. The van der Waals surface area contributed by atoms with E-state index in [2.05, 4.69) is 39.6 Å². The molecule has 2 rings (SSSR count). The molecule has 5 nitrogen and oxygen atoms in total. The zero-order valence-electron chi connectivity index (χ0n) is 16.0. The Morgan fingerprint density at radius 1 is 1.24 bits per heavy atom. The van der Waals surface area contributed by atoms with Crippen molar-refractivity contribution in [1.82, 2.24) is 15.5 Å². The second-order valence-corrected chi connectivity index (χ2v) is 6.89. The van der Waals surface area contributed by atoms with Crippen LogP contribution in [0.5, 0.6) is 0 Å². The van der Waals surface area contributed by atoms with Crippen molar-refractivity contribution < 1.29 is 4.74 Å². The molecule has 2 N–H and O–H groups in total. The van der Waals surface area contributed by atoms with E-state index in [4.69, 9.17) is 4.74 Å². The number of benzene rings is 1. The summed E-state index contributed by atoms with van der Waals surface area (Å²) in [6.07, 6.45) is 3.85. The Balaban J connectivity index is 1.65. The number of piperidine rings is 1. The number of methoxy groups -OCH3 is 1. The molecule has 0 bridgehead atoms. The number of hydrogen-bond donors (Lipinski definition) is 2. The third-order valence-electron chi connectivity index (χ3n) is 4.95. The fourth-order valence-electron chi connectivity index (χ4n) is 3.21. The first-order valence-corrected chi connectivity index (χ1v) is 9.47. The third kappa shape index (κ3) is 7.04. The van der Waals surface area contributed by atoms with Gasteiger partial charge < -0.3 is 20.3 Å². The Labute approximate surface area is 152 Å². The van der Waals surface area contributed by atoms with Gasteiger partial charge in [0.25, 0.3) is 0 Å². The Morgan fingerprint density at radius 2 is 1.96 bits per heavy atom. The maximum atomic E-state index is 5.59. The molecule has 0 aliphatic carbocycles. The van der Waals surface area contributed by atoms with Crippen LogP contribution in [0.4, 0.5) is 0 Å². The summed E-state index contributed by atoms with van der Waals surface area (Å²) in [5.74, 6) is 1.74. The number of guanidine groups is 1. The maximum Gasteiger partial charge on any atom is 0.191 e. The molecule has 1 heterocycles. The van der Waals surface area contributed by atoms with Gasteiger partial charge in [-0.25, -0.2) is 0 Å². The first kappa shape index (κ1) is 19.7. The Kier molecular flexibility index (Phi) is 8.77. The molecule has 25 heavy (non-hydrogen) atoms. The second kappa shape index (κ2) is 11.1. The van der Waals surface area contributed by atoms with E-state index in [-0.39, 0.29) is 6.10 Å². The highest BCUT2D eigenvalue weighted by Crippen LogP contribution is 2.16. The van der Waals surface area contributed by atoms with Crippen molar-refractivity contribution in [2.75, 3.05) is 46.9 Å². The molecule has 1 saturated heterocycles. The summed E-state index contributed by atoms with van der Waals surface area (Å²) in [5.41, 5.74) is 1.17. The molecule has 0 amide bonds. The van der Waals surface area contributed by atoms with E-state index in [0.717, 1.165) is 24.8 Å². The summed E-state index contributed by atoms with van der Waals surface area (Å²) in [4.78, 5) is 6.89. The SMILES string of the molecule is CN=C(NCCCN1CCC(C)CC1)NCC(OC)c1ccccc1. The molecule has 1 aliphatic rings. The van der Waals surface area contributed by atoms with Gasteiger partial charge >= 0.3 is 0 Å². The number of likely N-dealkylation sites (tertiary alicyclic amines) is 1. The lowest BCUT2D eigenvalue weighted by atomic mass is 9.99. The Bertz CT molecular complexity index is 498. The highest BCUT2D eigenvalue weighted by atomic mass is 16.5. The lowest BCUT2D eigenvalue weighted by molar-refractivity contribution is 0.106. The van der Waals surface area contributed by atoms with Gasteiger partial charge in [0.15, 0.2) is 5.96 Å². The molecule has 1 aromatic rings. The molecular weight excluding hydrogens is 312 g/mol. The number of nitrogens with one attached hydrogen (secondary N) is 2. The van der Waals surface area contributed by atoms with Gasteiger partial charge in [-0.05, 0) is 50.4 Å². The summed E-state index contributed by atoms with van der Waals surface area (Å²) in [7, 11) is 3.56. The van der Waals surface area contributed by atoms with Gasteiger partial charge in [-0.3, -0.25) is 4.99 Å². The van der Waals surface area contributed by atoms with Gasteiger partial charge in [-0.15, -0.1) is 0 Å². The predicted molar refractivity (Wildman–Crippen MR) is 105 cm³/mol. The highest BCUT2D eigenvalue weighted by Gasteiger charge is 2.15. The predicted octanol–water partition coefficient (Wildman–Crippen LogP) is 2.66. The van der Waals surface area contributed by atoms with E-state index in [1.807, 2.05) is 25.2 Å². The summed E-state index contributed by atoms with van der Waals surface area (Å²) < 4.78 is 5.59. The average molecular weight is 347 g/mol. The van der Waals surface area contributed by atoms with Gasteiger partial charge in [-0.2, -0.15) is 0 Å². The fraction of sp³-hybridized carbons (Fsp3) is 0.650. The summed E-state index contributed by atoms with van der Waals surface area (Å²) in [6.45, 7) is 7.67. The van der Waals surface area contributed by atoms with Gasteiger partial charge in [0.1, 0.15) is 0 Å². The second-order valence-electron chi connectivity index (χ2n) is 6.89. The number of nitrogens with zero attached hydrogens (tertiary/aromatic N) is 2. The van der Waals surface area contributed by atoms with Crippen LogP contribution in [0.2, 0.25) is 0 Å². The molecule has 0 aromatic heterocycles. The molecule has 0 radical (unpaired) electrons. The average Bonchev–Trinajstić information content (AvgIpc) is 2.66. The van der Waals surface area contributed by atoms with Crippen molar-refractivity contribution in [1.29, 1.82) is 0 Å². The molecular formula is C20H34N4O. The number of aliphatic imine (C=N–C) groups is 1. The van der Waals surface area contributed by atoms with E-state index in [0.29, 0.717) is 6.54 Å². The summed E-state index contributed by atoms with van der Waals surface area (Å²) in [6, 6.07) is 10.3. The molecule has 1 unspecified atom stereocenters. The highest BCUT2D eigenvalue weighted by molar-refractivity contribution is 5.79. The van der Waals surface area contributed by atoms with Gasteiger partial charge in [-0.1, -0.05) is 37.3 Å². The summed E-state index contributed by atoms with van der Waals surface area (Å²) in [5, 5.41) is 6.77. The van der Waals surface area contributed by atoms with Crippen LogP contribution in [-0.4, -0.2) is 57.7 Å². The lowest BCUT2D eigenvalue weighted by Gasteiger charge is -2.30. The molecule has 140 valence electrons. The zero-order valence-corrected chi connectivity index (χ0v) is 16.0. The monoisotopic (exact) mass is 346 g/mol. The van der Waals surface area contributed by atoms with Gasteiger partial charge in [0, 0.05) is 27.2 Å². The minimum atomic E-state index is 0.0232. The van der Waals surface area contributed by atoms with Crippen molar-refractivity contribution in [3.63, 3.8) is 0 Å². The largest absolute Gasteiger partial charge is 0.375 e. The van der Waals surface area contributed by atoms with Crippen LogP contribution in [0.3, 0.4) is 0 Å². The Morgan fingerprint density at radius 3 is 2.60 bits per heavy atom. The van der Waals surface area contributed by atoms with Crippen LogP contribution in [-0.2, 0) is 4.74 Å². The van der Waals surface area contributed by atoms with E-state index < -0.39 is 0 Å². The first-order chi connectivity index (χ1) is 12.2. The van der Waals surface area contributed by atoms with E-state index in [1.54, 1.807) is 7.11 Å². The fourth-order valence-corrected chi connectivity index (χ4v) is 3.21. The minimum Gasteiger partial charge on any atom is -0.375 e. The van der Waals surface area contributed by atoms with Crippen molar-refractivity contribution in [3.05, 3.63) is 35.9 Å². The maximum absolute atomic E-state index is 5.59. The quantitative estimate of drug-likeness (QED) is 0.432. The van der Waals surface area contributed by atoms with E-state index in [9.17, 15) is 0 Å². The van der Waals surface area contributed by atoms with Crippen LogP contribution >= 0.6 is 0 Å². The third-order valence-corrected chi connectivity index (χ3v) is 4.95. The molecule has 0 spiro atoms. The summed E-state index contributed by atoms with van der Waals surface area (Å²) >= 11 is 0. The van der Waals surface area contributed by atoms with Gasteiger partial charge in [0.05, 0.1) is 6.10 Å². The van der Waals surface area contributed by atoms with Crippen molar-refractivity contribution in [3.8, 4) is 0 Å². The van der Waals surface area contributed by atoms with Crippen LogP contribution in [0.1, 0.15) is 37.9 Å². The zero-order chi connectivity index (χ0) is 17.9. The lowest BCUT2D eigenvalue weighted by Crippen LogP contribution is -2.41. The van der Waals surface area contributed by atoms with Crippen molar-refractivity contribution in [2.24, 2.45) is 10.9 Å². The molecule has 1 fully saturated rings. The Hall–Kier alpha value is -1.59. The topological polar surface area (TPSA) is 48.9 Å². The van der Waals surface area contributed by atoms with E-state index >= 15 is 0 Å². The molecule has 0 saturated carbocycles. The van der Waals surface area contributed by atoms with Crippen molar-refractivity contribution >= 4 is 5.96 Å². The number of ether oxygens (including phenoxy) is 1. The van der Waals surface area contributed by atoms with Crippen molar-refractivity contribution in [2.45, 2.75) is 32.3 Å². The van der Waals surface area contributed by atoms with Crippen LogP contribution in [0.25, 0.3) is 0 Å². The molecule has 1 aromatic carbocycles. The number of rotatable bonds is 8. The van der Waals surface area contributed by atoms with Crippen LogP contribution in [0, 0.1) is 5.92 Å². The molecule has 1 aliphatic heterocycles. The van der Waals surface area contributed by atoms with Gasteiger partial charge in [0.2, 0.25) is 0 Å². The molecule has 1 atom stereocenters.